The third kappa shape index (κ3) is 6.01. The Kier molecular flexibility index (Phi) is 6.79. The molecule has 0 bridgehead atoms. The average Bonchev–Trinajstić information content (AvgIpc) is 2.74. The van der Waals surface area contributed by atoms with E-state index < -0.39 is 0 Å². The van der Waals surface area contributed by atoms with Gasteiger partial charge in [-0.05, 0) is 105 Å². The average molecular weight is 391 g/mol. The van der Waals surface area contributed by atoms with Crippen LogP contribution in [0.2, 0.25) is 0 Å². The zero-order chi connectivity index (χ0) is 20.1. The predicted molar refractivity (Wildman–Crippen MR) is 126 cm³/mol. The van der Waals surface area contributed by atoms with Crippen LogP contribution in [0.5, 0.6) is 0 Å². The summed E-state index contributed by atoms with van der Waals surface area (Å²) in [6.07, 6.45) is 11.7. The Labute approximate surface area is 177 Å². The molecule has 2 aromatic rings. The molecular weight excluding hydrogens is 352 g/mol. The fourth-order valence-corrected chi connectivity index (χ4v) is 4.95. The smallest absolute Gasteiger partial charge is 0.0342 e. The minimum absolute atomic E-state index is 0.657. The van der Waals surface area contributed by atoms with Crippen molar-refractivity contribution in [2.45, 2.75) is 83.7 Å². The SMILES string of the molecule is CC1CCC(Nc2ccc(Cc3ccc(NC4CCC(C)CC4)cc3)cc2)CC1. The van der Waals surface area contributed by atoms with E-state index >= 15 is 0 Å². The van der Waals surface area contributed by atoms with Crippen LogP contribution in [0.15, 0.2) is 48.5 Å². The van der Waals surface area contributed by atoms with Crippen LogP contribution in [0.1, 0.15) is 76.3 Å². The maximum absolute atomic E-state index is 3.73. The lowest BCUT2D eigenvalue weighted by molar-refractivity contribution is 0.361. The van der Waals surface area contributed by atoms with Crippen molar-refractivity contribution in [3.05, 3.63) is 59.7 Å². The molecule has 2 aromatic carbocycles. The molecule has 2 aliphatic carbocycles. The van der Waals surface area contributed by atoms with Gasteiger partial charge in [-0.3, -0.25) is 0 Å². The van der Waals surface area contributed by atoms with E-state index in [1.165, 1.54) is 73.9 Å². The first-order valence-electron chi connectivity index (χ1n) is 11.8. The molecule has 2 fully saturated rings. The van der Waals surface area contributed by atoms with E-state index in [0.29, 0.717) is 12.1 Å². The van der Waals surface area contributed by atoms with Gasteiger partial charge in [0.05, 0.1) is 0 Å². The third-order valence-electron chi connectivity index (χ3n) is 7.09. The van der Waals surface area contributed by atoms with Gasteiger partial charge in [0.25, 0.3) is 0 Å². The zero-order valence-electron chi connectivity index (χ0n) is 18.3. The normalized spacial score (nSPS) is 27.4. The molecule has 0 radical (unpaired) electrons. The van der Waals surface area contributed by atoms with E-state index in [-0.39, 0.29) is 0 Å². The lowest BCUT2D eigenvalue weighted by atomic mass is 9.87. The van der Waals surface area contributed by atoms with Gasteiger partial charge >= 0.3 is 0 Å². The summed E-state index contributed by atoms with van der Waals surface area (Å²) in [6.45, 7) is 4.76. The standard InChI is InChI=1S/C27H38N2/c1-20-3-11-24(12-4-20)28-26-15-7-22(8-16-26)19-23-9-17-27(18-10-23)29-25-13-5-21(2)6-14-25/h7-10,15-18,20-21,24-25,28-29H,3-6,11-14,19H2,1-2H3. The summed E-state index contributed by atoms with van der Waals surface area (Å²) in [5, 5.41) is 7.47. The Morgan fingerprint density at radius 1 is 0.552 bits per heavy atom. The van der Waals surface area contributed by atoms with E-state index in [9.17, 15) is 0 Å². The van der Waals surface area contributed by atoms with Crippen molar-refractivity contribution < 1.29 is 0 Å². The summed E-state index contributed by atoms with van der Waals surface area (Å²) in [5.74, 6) is 1.81. The maximum Gasteiger partial charge on any atom is 0.0342 e. The summed E-state index contributed by atoms with van der Waals surface area (Å²) >= 11 is 0. The summed E-state index contributed by atoms with van der Waals surface area (Å²) in [4.78, 5) is 0. The molecule has 0 aromatic heterocycles. The molecule has 0 unspecified atom stereocenters. The molecule has 2 heteroatoms. The number of hydrogen-bond donors (Lipinski definition) is 2. The van der Waals surface area contributed by atoms with Gasteiger partial charge in [-0.2, -0.15) is 0 Å². The Balaban J connectivity index is 1.26. The predicted octanol–water partition coefficient (Wildman–Crippen LogP) is 7.26. The number of rotatable bonds is 6. The van der Waals surface area contributed by atoms with Crippen molar-refractivity contribution in [2.24, 2.45) is 11.8 Å². The lowest BCUT2D eigenvalue weighted by Gasteiger charge is -2.28. The minimum Gasteiger partial charge on any atom is -0.382 e. The van der Waals surface area contributed by atoms with Gasteiger partial charge in [0.15, 0.2) is 0 Å². The Hall–Kier alpha value is -1.96. The van der Waals surface area contributed by atoms with E-state index in [1.807, 2.05) is 0 Å². The van der Waals surface area contributed by atoms with Crippen LogP contribution in [0.3, 0.4) is 0 Å². The molecule has 156 valence electrons. The maximum atomic E-state index is 3.73. The third-order valence-corrected chi connectivity index (χ3v) is 7.09. The van der Waals surface area contributed by atoms with Crippen molar-refractivity contribution in [3.63, 3.8) is 0 Å². The molecule has 0 heterocycles. The quantitative estimate of drug-likeness (QED) is 0.542. The van der Waals surface area contributed by atoms with E-state index in [0.717, 1.165) is 18.3 Å². The van der Waals surface area contributed by atoms with E-state index in [1.54, 1.807) is 0 Å². The first-order valence-corrected chi connectivity index (χ1v) is 11.8. The fourth-order valence-electron chi connectivity index (χ4n) is 4.95. The lowest BCUT2D eigenvalue weighted by Crippen LogP contribution is -2.25. The monoisotopic (exact) mass is 390 g/mol. The molecule has 2 saturated carbocycles. The number of nitrogens with one attached hydrogen (secondary N) is 2. The van der Waals surface area contributed by atoms with Crippen LogP contribution in [0, 0.1) is 11.8 Å². The molecule has 2 N–H and O–H groups in total. The second kappa shape index (κ2) is 9.69. The summed E-state index contributed by atoms with van der Waals surface area (Å²) in [7, 11) is 0. The van der Waals surface area contributed by atoms with E-state index in [2.05, 4.69) is 73.0 Å². The molecule has 0 saturated heterocycles. The number of benzene rings is 2. The van der Waals surface area contributed by atoms with Gasteiger partial charge in [0.1, 0.15) is 0 Å². The molecule has 0 spiro atoms. The highest BCUT2D eigenvalue weighted by atomic mass is 14.9. The topological polar surface area (TPSA) is 24.1 Å². The van der Waals surface area contributed by atoms with E-state index in [4.69, 9.17) is 0 Å². The van der Waals surface area contributed by atoms with Crippen molar-refractivity contribution in [1.29, 1.82) is 0 Å². The highest BCUT2D eigenvalue weighted by Gasteiger charge is 2.18. The molecule has 4 rings (SSSR count). The van der Waals surface area contributed by atoms with Crippen LogP contribution in [-0.2, 0) is 6.42 Å². The van der Waals surface area contributed by atoms with Gasteiger partial charge < -0.3 is 10.6 Å². The molecule has 0 amide bonds. The van der Waals surface area contributed by atoms with Crippen LogP contribution in [0.25, 0.3) is 0 Å². The number of anilines is 2. The Morgan fingerprint density at radius 3 is 1.24 bits per heavy atom. The first kappa shape index (κ1) is 20.3. The van der Waals surface area contributed by atoms with Crippen molar-refractivity contribution >= 4 is 11.4 Å². The highest BCUT2D eigenvalue weighted by Crippen LogP contribution is 2.27. The molecule has 0 aliphatic heterocycles. The highest BCUT2D eigenvalue weighted by molar-refractivity contribution is 5.48. The molecular formula is C27H38N2. The zero-order valence-corrected chi connectivity index (χ0v) is 18.3. The second-order valence-corrected chi connectivity index (χ2v) is 9.77. The van der Waals surface area contributed by atoms with Crippen molar-refractivity contribution in [2.75, 3.05) is 10.6 Å². The van der Waals surface area contributed by atoms with Gasteiger partial charge in [-0.1, -0.05) is 38.1 Å². The minimum atomic E-state index is 0.657. The summed E-state index contributed by atoms with van der Waals surface area (Å²) in [6, 6.07) is 19.5. The summed E-state index contributed by atoms with van der Waals surface area (Å²) < 4.78 is 0. The fraction of sp³-hybridized carbons (Fsp3) is 0.556. The number of hydrogen-bond acceptors (Lipinski definition) is 2. The Morgan fingerprint density at radius 2 is 0.897 bits per heavy atom. The molecule has 2 nitrogen and oxygen atoms in total. The molecule has 29 heavy (non-hydrogen) atoms. The molecule has 2 aliphatic rings. The van der Waals surface area contributed by atoms with Gasteiger partial charge in [-0.15, -0.1) is 0 Å². The van der Waals surface area contributed by atoms with Crippen LogP contribution in [-0.4, -0.2) is 12.1 Å². The van der Waals surface area contributed by atoms with Gasteiger partial charge in [-0.25, -0.2) is 0 Å². The summed E-state index contributed by atoms with van der Waals surface area (Å²) in [5.41, 5.74) is 5.31. The largest absolute Gasteiger partial charge is 0.382 e. The van der Waals surface area contributed by atoms with Crippen LogP contribution < -0.4 is 10.6 Å². The van der Waals surface area contributed by atoms with Crippen molar-refractivity contribution in [1.82, 2.24) is 0 Å². The second-order valence-electron chi connectivity index (χ2n) is 9.77. The van der Waals surface area contributed by atoms with Gasteiger partial charge in [0, 0.05) is 23.5 Å². The van der Waals surface area contributed by atoms with Crippen LogP contribution in [0.4, 0.5) is 11.4 Å². The Bertz CT molecular complexity index is 668. The molecule has 0 atom stereocenters. The van der Waals surface area contributed by atoms with Crippen molar-refractivity contribution in [3.8, 4) is 0 Å². The van der Waals surface area contributed by atoms with Gasteiger partial charge in [0.2, 0.25) is 0 Å². The first-order chi connectivity index (χ1) is 14.1. The van der Waals surface area contributed by atoms with Crippen LogP contribution >= 0.6 is 0 Å².